The van der Waals surface area contributed by atoms with Crippen LogP contribution in [-0.2, 0) is 0 Å². The summed E-state index contributed by atoms with van der Waals surface area (Å²) in [6, 6.07) is 4.01. The van der Waals surface area contributed by atoms with Crippen molar-refractivity contribution in [3.63, 3.8) is 0 Å². The molecule has 14 heavy (non-hydrogen) atoms. The number of anilines is 1. The maximum absolute atomic E-state index is 8.56. The average molecular weight is 197 g/mol. The van der Waals surface area contributed by atoms with Crippen LogP contribution in [0, 0.1) is 20.8 Å². The molecule has 1 aromatic carbocycles. The minimum atomic E-state index is -1.83. The summed E-state index contributed by atoms with van der Waals surface area (Å²) >= 11 is 0. The molecule has 0 fully saturated rings. The molecule has 1 rings (SSSR count). The third-order valence-corrected chi connectivity index (χ3v) is 2.10. The minimum absolute atomic E-state index is 0.892. The fourth-order valence-corrected chi connectivity index (χ4v) is 0.977. The first-order valence-electron chi connectivity index (χ1n) is 4.10. The Labute approximate surface area is 83.0 Å². The second-order valence-corrected chi connectivity index (χ2v) is 3.00. The highest BCUT2D eigenvalue weighted by Gasteiger charge is 1.98. The molecule has 0 saturated carbocycles. The predicted molar refractivity (Wildman–Crippen MR) is 55.7 cm³/mol. The summed E-state index contributed by atoms with van der Waals surface area (Å²) in [7, 11) is 0. The van der Waals surface area contributed by atoms with Gasteiger partial charge in [-0.2, -0.15) is 0 Å². The first-order chi connectivity index (χ1) is 6.36. The summed E-state index contributed by atoms with van der Waals surface area (Å²) in [5, 5.41) is 13.9. The van der Waals surface area contributed by atoms with Crippen molar-refractivity contribution in [1.29, 1.82) is 0 Å². The average Bonchev–Trinajstić information content (AvgIpc) is 2.07. The van der Waals surface area contributed by atoms with Crippen molar-refractivity contribution >= 4 is 11.8 Å². The van der Waals surface area contributed by atoms with Crippen molar-refractivity contribution in [2.24, 2.45) is 0 Å². The molecule has 0 aliphatic rings. The quantitative estimate of drug-likeness (QED) is 0.557. The summed E-state index contributed by atoms with van der Waals surface area (Å²) in [5.74, 6) is 0. The van der Waals surface area contributed by atoms with Crippen LogP contribution in [-0.4, -0.2) is 16.4 Å². The van der Waals surface area contributed by atoms with Gasteiger partial charge in [0.05, 0.1) is 0 Å². The Morgan fingerprint density at radius 3 is 1.93 bits per heavy atom. The number of hydrogen-bond donors (Lipinski definition) is 3. The molecular formula is C10H15NO3. The maximum atomic E-state index is 8.56. The highest BCUT2D eigenvalue weighted by atomic mass is 16.6. The van der Waals surface area contributed by atoms with Crippen LogP contribution in [0.3, 0.4) is 0 Å². The SMILES string of the molecule is Cc1ccc(N)c(C)c1C.O=C(O)O. The van der Waals surface area contributed by atoms with E-state index in [1.54, 1.807) is 0 Å². The smallest absolute Gasteiger partial charge is 0.450 e. The van der Waals surface area contributed by atoms with Crippen molar-refractivity contribution in [3.05, 3.63) is 28.8 Å². The highest BCUT2D eigenvalue weighted by Crippen LogP contribution is 2.17. The van der Waals surface area contributed by atoms with Gasteiger partial charge in [0.2, 0.25) is 0 Å². The molecule has 0 spiro atoms. The maximum Gasteiger partial charge on any atom is 0.503 e. The van der Waals surface area contributed by atoms with Gasteiger partial charge < -0.3 is 15.9 Å². The molecule has 0 unspecified atom stereocenters. The number of rotatable bonds is 0. The number of nitrogen functional groups attached to an aromatic ring is 1. The zero-order valence-electron chi connectivity index (χ0n) is 8.53. The van der Waals surface area contributed by atoms with Gasteiger partial charge in [-0.3, -0.25) is 0 Å². The molecule has 1 aromatic rings. The standard InChI is InChI=1S/C9H13N.CH2O3/c1-6-4-5-9(10)8(3)7(6)2;2-1(3)4/h4-5H,10H2,1-3H3;(H2,2,3,4). The van der Waals surface area contributed by atoms with E-state index in [4.69, 9.17) is 20.7 Å². The largest absolute Gasteiger partial charge is 0.503 e. The first kappa shape index (κ1) is 12.3. The van der Waals surface area contributed by atoms with Gasteiger partial charge in [0.1, 0.15) is 0 Å². The summed E-state index contributed by atoms with van der Waals surface area (Å²) in [6.07, 6.45) is -1.83. The molecule has 0 saturated heterocycles. The van der Waals surface area contributed by atoms with Crippen LogP contribution < -0.4 is 5.73 Å². The molecule has 0 amide bonds. The van der Waals surface area contributed by atoms with E-state index in [0.29, 0.717) is 0 Å². The van der Waals surface area contributed by atoms with E-state index in [1.165, 1.54) is 16.7 Å². The number of benzene rings is 1. The van der Waals surface area contributed by atoms with Crippen LogP contribution in [0.25, 0.3) is 0 Å². The van der Waals surface area contributed by atoms with Crippen LogP contribution in [0.4, 0.5) is 10.5 Å². The fraction of sp³-hybridized carbons (Fsp3) is 0.300. The molecule has 4 N–H and O–H groups in total. The van der Waals surface area contributed by atoms with E-state index in [2.05, 4.69) is 26.8 Å². The van der Waals surface area contributed by atoms with Crippen LogP contribution in [0.5, 0.6) is 0 Å². The second-order valence-electron chi connectivity index (χ2n) is 3.00. The summed E-state index contributed by atoms with van der Waals surface area (Å²) in [6.45, 7) is 6.25. The summed E-state index contributed by atoms with van der Waals surface area (Å²) < 4.78 is 0. The Morgan fingerprint density at radius 2 is 1.57 bits per heavy atom. The molecule has 4 nitrogen and oxygen atoms in total. The van der Waals surface area contributed by atoms with Crippen molar-refractivity contribution in [2.45, 2.75) is 20.8 Å². The first-order valence-corrected chi connectivity index (χ1v) is 4.10. The Morgan fingerprint density at radius 1 is 1.14 bits per heavy atom. The monoisotopic (exact) mass is 197 g/mol. The van der Waals surface area contributed by atoms with E-state index < -0.39 is 6.16 Å². The lowest BCUT2D eigenvalue weighted by Gasteiger charge is -2.05. The van der Waals surface area contributed by atoms with Gasteiger partial charge in [-0.1, -0.05) is 6.07 Å². The number of carboxylic acid groups (broad SMARTS) is 2. The van der Waals surface area contributed by atoms with E-state index in [-0.39, 0.29) is 0 Å². The Bertz CT molecular complexity index is 303. The zero-order chi connectivity index (χ0) is 11.3. The van der Waals surface area contributed by atoms with Crippen molar-refractivity contribution < 1.29 is 15.0 Å². The van der Waals surface area contributed by atoms with E-state index in [9.17, 15) is 0 Å². The third-order valence-electron chi connectivity index (χ3n) is 2.10. The van der Waals surface area contributed by atoms with E-state index in [0.717, 1.165) is 5.69 Å². The zero-order valence-corrected chi connectivity index (χ0v) is 8.53. The molecule has 0 bridgehead atoms. The molecule has 78 valence electrons. The molecule has 0 aliphatic carbocycles. The molecule has 0 heterocycles. The van der Waals surface area contributed by atoms with Gasteiger partial charge in [0.15, 0.2) is 0 Å². The molecule has 4 heteroatoms. The number of hydrogen-bond acceptors (Lipinski definition) is 2. The number of carbonyl (C=O) groups is 1. The minimum Gasteiger partial charge on any atom is -0.450 e. The third kappa shape index (κ3) is 3.80. The predicted octanol–water partition coefficient (Wildman–Crippen LogP) is 2.42. The van der Waals surface area contributed by atoms with Crippen molar-refractivity contribution in [2.75, 3.05) is 5.73 Å². The van der Waals surface area contributed by atoms with Crippen molar-refractivity contribution in [3.8, 4) is 0 Å². The fourth-order valence-electron chi connectivity index (χ4n) is 0.977. The van der Waals surface area contributed by atoms with Crippen LogP contribution in [0.2, 0.25) is 0 Å². The van der Waals surface area contributed by atoms with Crippen LogP contribution in [0.1, 0.15) is 16.7 Å². The van der Waals surface area contributed by atoms with Gasteiger partial charge in [-0.15, -0.1) is 0 Å². The Balaban J connectivity index is 0.000000364. The normalized spacial score (nSPS) is 8.79. The highest BCUT2D eigenvalue weighted by molar-refractivity contribution is 5.53. The van der Waals surface area contributed by atoms with Gasteiger partial charge in [0.25, 0.3) is 0 Å². The lowest BCUT2D eigenvalue weighted by molar-refractivity contribution is 0.137. The van der Waals surface area contributed by atoms with E-state index in [1.807, 2.05) is 6.07 Å². The van der Waals surface area contributed by atoms with Crippen LogP contribution in [0.15, 0.2) is 12.1 Å². The molecule has 0 atom stereocenters. The molecule has 0 aromatic heterocycles. The van der Waals surface area contributed by atoms with Gasteiger partial charge in [0, 0.05) is 5.69 Å². The van der Waals surface area contributed by atoms with Gasteiger partial charge in [-0.25, -0.2) is 4.79 Å². The Kier molecular flexibility index (Phi) is 4.49. The van der Waals surface area contributed by atoms with Crippen LogP contribution >= 0.6 is 0 Å². The van der Waals surface area contributed by atoms with Crippen molar-refractivity contribution in [1.82, 2.24) is 0 Å². The topological polar surface area (TPSA) is 83.6 Å². The lowest BCUT2D eigenvalue weighted by atomic mass is 10.0. The van der Waals surface area contributed by atoms with Gasteiger partial charge in [-0.05, 0) is 43.5 Å². The summed E-state index contributed by atoms with van der Waals surface area (Å²) in [5.41, 5.74) is 10.4. The second kappa shape index (κ2) is 5.11. The number of nitrogens with two attached hydrogens (primary N) is 1. The summed E-state index contributed by atoms with van der Waals surface area (Å²) in [4.78, 5) is 8.56. The Hall–Kier alpha value is -1.71. The van der Waals surface area contributed by atoms with E-state index >= 15 is 0 Å². The molecule has 0 radical (unpaired) electrons. The lowest BCUT2D eigenvalue weighted by Crippen LogP contribution is -1.93. The van der Waals surface area contributed by atoms with Gasteiger partial charge >= 0.3 is 6.16 Å². The molecular weight excluding hydrogens is 182 g/mol. The molecule has 0 aliphatic heterocycles. The number of aryl methyl sites for hydroxylation is 1.